The minimum absolute atomic E-state index is 0.108. The molecule has 1 N–H and O–H groups in total. The third-order valence-electron chi connectivity index (χ3n) is 6.60. The molecule has 4 rings (SSSR count). The highest BCUT2D eigenvalue weighted by Gasteiger charge is 2.48. The van der Waals surface area contributed by atoms with Gasteiger partial charge < -0.3 is 5.32 Å². The van der Waals surface area contributed by atoms with Crippen molar-refractivity contribution < 1.29 is 14.4 Å². The Morgan fingerprint density at radius 3 is 2.07 bits per heavy atom. The lowest BCUT2D eigenvalue weighted by atomic mass is 9.81. The van der Waals surface area contributed by atoms with Crippen LogP contribution in [-0.4, -0.2) is 35.2 Å². The van der Waals surface area contributed by atoms with Crippen LogP contribution in [0.3, 0.4) is 0 Å². The number of imide groups is 1. The Balaban J connectivity index is 1.28. The van der Waals surface area contributed by atoms with E-state index in [0.717, 1.165) is 51.4 Å². The Hall–Kier alpha value is -2.17. The molecule has 2 aliphatic carbocycles. The molecular formula is C22H28N2O3. The molecule has 3 aliphatic rings. The van der Waals surface area contributed by atoms with Gasteiger partial charge in [-0.1, -0.05) is 43.2 Å². The summed E-state index contributed by atoms with van der Waals surface area (Å²) in [6, 6.07) is 10.7. The summed E-state index contributed by atoms with van der Waals surface area (Å²) in [7, 11) is 0. The minimum Gasteiger partial charge on any atom is -0.352 e. The number of hydrogen-bond donors (Lipinski definition) is 1. The van der Waals surface area contributed by atoms with E-state index in [0.29, 0.717) is 5.92 Å². The van der Waals surface area contributed by atoms with Crippen molar-refractivity contribution in [2.45, 2.75) is 63.3 Å². The van der Waals surface area contributed by atoms with Gasteiger partial charge in [0, 0.05) is 6.04 Å². The van der Waals surface area contributed by atoms with Gasteiger partial charge in [0.15, 0.2) is 0 Å². The highest BCUT2D eigenvalue weighted by molar-refractivity contribution is 6.07. The first-order chi connectivity index (χ1) is 13.1. The van der Waals surface area contributed by atoms with Gasteiger partial charge in [-0.15, -0.1) is 0 Å². The first-order valence-corrected chi connectivity index (χ1v) is 10.3. The van der Waals surface area contributed by atoms with Crippen molar-refractivity contribution in [2.75, 3.05) is 6.54 Å². The topological polar surface area (TPSA) is 66.5 Å². The number of rotatable bonds is 4. The van der Waals surface area contributed by atoms with E-state index in [4.69, 9.17) is 0 Å². The quantitative estimate of drug-likeness (QED) is 0.831. The van der Waals surface area contributed by atoms with Crippen molar-refractivity contribution >= 4 is 17.7 Å². The number of likely N-dealkylation sites (tertiary alicyclic amines) is 1. The summed E-state index contributed by atoms with van der Waals surface area (Å²) in [4.78, 5) is 38.7. The average Bonchev–Trinajstić information content (AvgIpc) is 2.94. The first kappa shape index (κ1) is 18.2. The van der Waals surface area contributed by atoms with Crippen LogP contribution >= 0.6 is 0 Å². The van der Waals surface area contributed by atoms with E-state index in [1.54, 1.807) is 0 Å². The number of nitrogens with zero attached hydrogens (tertiary/aromatic N) is 1. The summed E-state index contributed by atoms with van der Waals surface area (Å²) < 4.78 is 0. The zero-order valence-electron chi connectivity index (χ0n) is 15.7. The number of carbonyl (C=O) groups is 3. The van der Waals surface area contributed by atoms with Crippen LogP contribution in [0.4, 0.5) is 0 Å². The van der Waals surface area contributed by atoms with Crippen LogP contribution < -0.4 is 5.32 Å². The van der Waals surface area contributed by atoms with Crippen LogP contribution in [0.1, 0.15) is 62.8 Å². The molecule has 3 amide bonds. The van der Waals surface area contributed by atoms with Gasteiger partial charge in [0.1, 0.15) is 6.54 Å². The Bertz CT molecular complexity index is 686. The molecule has 0 aromatic heterocycles. The Kier molecular flexibility index (Phi) is 5.28. The Morgan fingerprint density at radius 1 is 0.889 bits per heavy atom. The van der Waals surface area contributed by atoms with E-state index in [9.17, 15) is 14.4 Å². The van der Waals surface area contributed by atoms with Gasteiger partial charge in [-0.3, -0.25) is 19.3 Å². The van der Waals surface area contributed by atoms with Crippen LogP contribution in [0.15, 0.2) is 30.3 Å². The van der Waals surface area contributed by atoms with Crippen molar-refractivity contribution in [2.24, 2.45) is 11.8 Å². The van der Waals surface area contributed by atoms with E-state index in [2.05, 4.69) is 29.6 Å². The number of fused-ring (bicyclic) bond motifs is 1. The lowest BCUT2D eigenvalue weighted by molar-refractivity contribution is -0.143. The molecule has 5 heteroatoms. The molecule has 2 atom stereocenters. The molecule has 3 fully saturated rings. The molecule has 1 aliphatic heterocycles. The third kappa shape index (κ3) is 3.78. The maximum absolute atomic E-state index is 12.5. The number of benzene rings is 1. The third-order valence-corrected chi connectivity index (χ3v) is 6.60. The number of carbonyl (C=O) groups excluding carboxylic acids is 3. The normalized spacial score (nSPS) is 30.9. The van der Waals surface area contributed by atoms with Crippen molar-refractivity contribution in [3.63, 3.8) is 0 Å². The molecular weight excluding hydrogens is 340 g/mol. The van der Waals surface area contributed by atoms with Crippen LogP contribution in [0, 0.1) is 11.8 Å². The fourth-order valence-corrected chi connectivity index (χ4v) is 5.10. The van der Waals surface area contributed by atoms with Crippen LogP contribution in [-0.2, 0) is 14.4 Å². The molecule has 0 bridgehead atoms. The second kappa shape index (κ2) is 7.83. The molecule has 1 aromatic rings. The van der Waals surface area contributed by atoms with Crippen LogP contribution in [0.5, 0.6) is 0 Å². The van der Waals surface area contributed by atoms with E-state index >= 15 is 0 Å². The summed E-state index contributed by atoms with van der Waals surface area (Å²) in [6.07, 6.45) is 7.59. The molecule has 1 aromatic carbocycles. The second-order valence-electron chi connectivity index (χ2n) is 8.29. The largest absolute Gasteiger partial charge is 0.352 e. The highest BCUT2D eigenvalue weighted by Crippen LogP contribution is 2.38. The van der Waals surface area contributed by atoms with Crippen molar-refractivity contribution in [1.29, 1.82) is 0 Å². The lowest BCUT2D eigenvalue weighted by Crippen LogP contribution is -2.45. The monoisotopic (exact) mass is 368 g/mol. The Morgan fingerprint density at radius 2 is 1.48 bits per heavy atom. The molecule has 2 unspecified atom stereocenters. The van der Waals surface area contributed by atoms with E-state index in [1.807, 2.05) is 6.07 Å². The van der Waals surface area contributed by atoms with Gasteiger partial charge in [0.2, 0.25) is 17.7 Å². The molecule has 5 nitrogen and oxygen atoms in total. The predicted molar refractivity (Wildman–Crippen MR) is 102 cm³/mol. The molecule has 2 saturated carbocycles. The summed E-state index contributed by atoms with van der Waals surface area (Å²) in [6.45, 7) is -0.108. The van der Waals surface area contributed by atoms with Gasteiger partial charge in [-0.05, 0) is 50.0 Å². The van der Waals surface area contributed by atoms with E-state index < -0.39 is 0 Å². The number of hydrogen-bond acceptors (Lipinski definition) is 3. The van der Waals surface area contributed by atoms with Gasteiger partial charge in [0.25, 0.3) is 0 Å². The summed E-state index contributed by atoms with van der Waals surface area (Å²) in [5.41, 5.74) is 1.37. The van der Waals surface area contributed by atoms with Gasteiger partial charge in [-0.25, -0.2) is 0 Å². The maximum atomic E-state index is 12.5. The van der Waals surface area contributed by atoms with E-state index in [1.165, 1.54) is 10.5 Å². The summed E-state index contributed by atoms with van der Waals surface area (Å²) in [5, 5.41) is 3.06. The van der Waals surface area contributed by atoms with Gasteiger partial charge in [-0.2, -0.15) is 0 Å². The summed E-state index contributed by atoms with van der Waals surface area (Å²) in [5.74, 6) is -0.260. The standard InChI is InChI=1S/C22H28N2O3/c25-20(14-24-21(26)18-8-4-5-9-19(18)22(24)27)23-17-12-10-16(11-13-17)15-6-2-1-3-7-15/h1-3,6-7,16-19H,4-5,8-14H2,(H,23,25). The average molecular weight is 368 g/mol. The fraction of sp³-hybridized carbons (Fsp3) is 0.591. The molecule has 0 radical (unpaired) electrons. The minimum atomic E-state index is -0.196. The van der Waals surface area contributed by atoms with Crippen LogP contribution in [0.2, 0.25) is 0 Å². The van der Waals surface area contributed by atoms with Crippen molar-refractivity contribution in [3.05, 3.63) is 35.9 Å². The first-order valence-electron chi connectivity index (χ1n) is 10.3. The zero-order chi connectivity index (χ0) is 18.8. The smallest absolute Gasteiger partial charge is 0.240 e. The lowest BCUT2D eigenvalue weighted by Gasteiger charge is -2.29. The molecule has 1 saturated heterocycles. The number of amides is 3. The molecule has 27 heavy (non-hydrogen) atoms. The fourth-order valence-electron chi connectivity index (χ4n) is 5.10. The molecule has 144 valence electrons. The predicted octanol–water partition coefficient (Wildman–Crippen LogP) is 3.00. The summed E-state index contributed by atoms with van der Waals surface area (Å²) >= 11 is 0. The molecule has 0 spiro atoms. The van der Waals surface area contributed by atoms with E-state index in [-0.39, 0.29) is 42.1 Å². The Labute approximate surface area is 160 Å². The van der Waals surface area contributed by atoms with Crippen molar-refractivity contribution in [3.8, 4) is 0 Å². The van der Waals surface area contributed by atoms with Crippen LogP contribution in [0.25, 0.3) is 0 Å². The highest BCUT2D eigenvalue weighted by atomic mass is 16.2. The molecule has 1 heterocycles. The zero-order valence-corrected chi connectivity index (χ0v) is 15.7. The van der Waals surface area contributed by atoms with Gasteiger partial charge in [0.05, 0.1) is 11.8 Å². The maximum Gasteiger partial charge on any atom is 0.240 e. The second-order valence-corrected chi connectivity index (χ2v) is 8.29. The van der Waals surface area contributed by atoms with Gasteiger partial charge >= 0.3 is 0 Å². The number of nitrogens with one attached hydrogen (secondary N) is 1. The van der Waals surface area contributed by atoms with Crippen molar-refractivity contribution in [1.82, 2.24) is 10.2 Å². The SMILES string of the molecule is O=C(CN1C(=O)C2CCCCC2C1=O)NC1CCC(c2ccccc2)CC1.